The van der Waals surface area contributed by atoms with E-state index < -0.39 is 36.1 Å². The van der Waals surface area contributed by atoms with Crippen LogP contribution in [-0.2, 0) is 28.7 Å². The standard InChI is InChI=1S/C24H23F3N2O4/c25-24(26,27)16-8-3-1-6-14(16)12-29-17-9-4-2-7-15(23(28)32)21(17)22-18(29)10-5-11-19(22)33-13-20(30)31/h1,3,5-6,8,10-11,15H,2,4,7,9,12-13H2,(H2,28,32)(H,30,31). The van der Waals surface area contributed by atoms with E-state index in [0.717, 1.165) is 24.6 Å². The van der Waals surface area contributed by atoms with Gasteiger partial charge in [-0.3, -0.25) is 4.79 Å². The second-order valence-corrected chi connectivity index (χ2v) is 8.13. The molecule has 1 heterocycles. The highest BCUT2D eigenvalue weighted by molar-refractivity contribution is 5.97. The van der Waals surface area contributed by atoms with Gasteiger partial charge in [-0.1, -0.05) is 30.7 Å². The van der Waals surface area contributed by atoms with Crippen molar-refractivity contribution >= 4 is 22.8 Å². The number of carbonyl (C=O) groups excluding carboxylic acids is 1. The third-order valence-corrected chi connectivity index (χ3v) is 6.05. The normalized spacial score (nSPS) is 16.3. The van der Waals surface area contributed by atoms with Crippen molar-refractivity contribution in [3.63, 3.8) is 0 Å². The van der Waals surface area contributed by atoms with Crippen LogP contribution in [-0.4, -0.2) is 28.2 Å². The molecule has 174 valence electrons. The van der Waals surface area contributed by atoms with Gasteiger partial charge < -0.3 is 20.1 Å². The van der Waals surface area contributed by atoms with Crippen molar-refractivity contribution in [3.05, 3.63) is 64.8 Å². The Labute approximate surface area is 187 Å². The van der Waals surface area contributed by atoms with Crippen molar-refractivity contribution < 1.29 is 32.6 Å². The van der Waals surface area contributed by atoms with Crippen LogP contribution in [0.2, 0.25) is 0 Å². The highest BCUT2D eigenvalue weighted by Crippen LogP contribution is 2.43. The third-order valence-electron chi connectivity index (χ3n) is 6.05. The SMILES string of the molecule is NC(=O)C1CCCCc2c1c1c(OCC(=O)O)cccc1n2Cc1ccccc1C(F)(F)F. The Bertz CT molecular complexity index is 1220. The number of fused-ring (bicyclic) bond motifs is 3. The molecule has 9 heteroatoms. The van der Waals surface area contributed by atoms with Crippen molar-refractivity contribution in [3.8, 4) is 5.75 Å². The summed E-state index contributed by atoms with van der Waals surface area (Å²) in [6.45, 7) is -0.646. The van der Waals surface area contributed by atoms with Gasteiger partial charge in [0.25, 0.3) is 0 Å². The summed E-state index contributed by atoms with van der Waals surface area (Å²) >= 11 is 0. The maximum absolute atomic E-state index is 13.7. The molecule has 33 heavy (non-hydrogen) atoms. The van der Waals surface area contributed by atoms with Crippen LogP contribution in [0.25, 0.3) is 10.9 Å². The largest absolute Gasteiger partial charge is 0.481 e. The third kappa shape index (κ3) is 4.40. The van der Waals surface area contributed by atoms with Crippen LogP contribution < -0.4 is 10.5 Å². The van der Waals surface area contributed by atoms with E-state index in [4.69, 9.17) is 15.6 Å². The Morgan fingerprint density at radius 1 is 1.12 bits per heavy atom. The average Bonchev–Trinajstić information content (AvgIpc) is 2.91. The first-order valence-electron chi connectivity index (χ1n) is 10.6. The van der Waals surface area contributed by atoms with Gasteiger partial charge in [0, 0.05) is 17.6 Å². The van der Waals surface area contributed by atoms with Gasteiger partial charge >= 0.3 is 12.1 Å². The Kier molecular flexibility index (Phi) is 6.05. The number of hydrogen-bond donors (Lipinski definition) is 2. The summed E-state index contributed by atoms with van der Waals surface area (Å²) in [6, 6.07) is 10.4. The molecule has 4 rings (SSSR count). The summed E-state index contributed by atoms with van der Waals surface area (Å²) in [7, 11) is 0. The van der Waals surface area contributed by atoms with E-state index in [-0.39, 0.29) is 17.9 Å². The van der Waals surface area contributed by atoms with Gasteiger partial charge in [0.15, 0.2) is 6.61 Å². The van der Waals surface area contributed by atoms with Crippen molar-refractivity contribution in [2.24, 2.45) is 5.73 Å². The van der Waals surface area contributed by atoms with E-state index in [9.17, 15) is 22.8 Å². The molecular weight excluding hydrogens is 437 g/mol. The Morgan fingerprint density at radius 3 is 2.58 bits per heavy atom. The van der Waals surface area contributed by atoms with Crippen LogP contribution in [0.1, 0.15) is 47.6 Å². The Morgan fingerprint density at radius 2 is 1.88 bits per heavy atom. The number of ether oxygens (including phenoxy) is 1. The lowest BCUT2D eigenvalue weighted by molar-refractivity contribution is -0.139. The molecule has 0 fully saturated rings. The van der Waals surface area contributed by atoms with Crippen LogP contribution in [0.5, 0.6) is 5.75 Å². The number of nitrogens with zero attached hydrogens (tertiary/aromatic N) is 1. The minimum Gasteiger partial charge on any atom is -0.481 e. The number of amides is 1. The van der Waals surface area contributed by atoms with Crippen LogP contribution in [0.3, 0.4) is 0 Å². The molecule has 3 aromatic rings. The smallest absolute Gasteiger partial charge is 0.416 e. The fourth-order valence-corrected chi connectivity index (χ4v) is 4.71. The number of rotatable bonds is 6. The molecule has 0 radical (unpaired) electrons. The van der Waals surface area contributed by atoms with Gasteiger partial charge in [-0.15, -0.1) is 0 Å². The maximum Gasteiger partial charge on any atom is 0.416 e. The topological polar surface area (TPSA) is 94.6 Å². The Balaban J connectivity index is 1.96. The summed E-state index contributed by atoms with van der Waals surface area (Å²) in [5.41, 5.74) is 7.03. The first-order chi connectivity index (χ1) is 15.7. The predicted molar refractivity (Wildman–Crippen MR) is 115 cm³/mol. The molecule has 1 aliphatic carbocycles. The van der Waals surface area contributed by atoms with E-state index in [1.165, 1.54) is 12.1 Å². The quantitative estimate of drug-likeness (QED) is 0.531. The Hall–Kier alpha value is -3.49. The number of carboxylic acid groups (broad SMARTS) is 1. The molecule has 0 bridgehead atoms. The average molecular weight is 460 g/mol. The molecule has 2 aromatic carbocycles. The zero-order chi connectivity index (χ0) is 23.8. The van der Waals surface area contributed by atoms with Crippen molar-refractivity contribution in [1.29, 1.82) is 0 Å². The number of carboxylic acids is 1. The lowest BCUT2D eigenvalue weighted by Crippen LogP contribution is -2.22. The van der Waals surface area contributed by atoms with Crippen LogP contribution >= 0.6 is 0 Å². The molecule has 0 saturated carbocycles. The minimum atomic E-state index is -4.51. The zero-order valence-corrected chi connectivity index (χ0v) is 17.7. The number of primary amides is 1. The fraction of sp³-hybridized carbons (Fsp3) is 0.333. The van der Waals surface area contributed by atoms with Gasteiger partial charge in [-0.05, 0) is 48.6 Å². The number of halogens is 3. The van der Waals surface area contributed by atoms with Crippen molar-refractivity contribution in [1.82, 2.24) is 4.57 Å². The number of aromatic nitrogens is 1. The molecule has 1 aromatic heterocycles. The number of benzene rings is 2. The van der Waals surface area contributed by atoms with Crippen LogP contribution in [0, 0.1) is 0 Å². The molecule has 0 spiro atoms. The van der Waals surface area contributed by atoms with Crippen LogP contribution in [0.4, 0.5) is 13.2 Å². The zero-order valence-electron chi connectivity index (χ0n) is 17.7. The fourth-order valence-electron chi connectivity index (χ4n) is 4.71. The molecule has 1 atom stereocenters. The molecule has 3 N–H and O–H groups in total. The second kappa shape index (κ2) is 8.80. The van der Waals surface area contributed by atoms with Crippen molar-refractivity contribution in [2.45, 2.75) is 44.3 Å². The predicted octanol–water partition coefficient (Wildman–Crippen LogP) is 4.47. The number of alkyl halides is 3. The van der Waals surface area contributed by atoms with Gasteiger partial charge in [0.2, 0.25) is 5.91 Å². The highest BCUT2D eigenvalue weighted by atomic mass is 19.4. The van der Waals surface area contributed by atoms with E-state index >= 15 is 0 Å². The summed E-state index contributed by atoms with van der Waals surface area (Å²) in [4.78, 5) is 23.5. The molecule has 1 amide bonds. The lowest BCUT2D eigenvalue weighted by atomic mass is 9.92. The first-order valence-corrected chi connectivity index (χ1v) is 10.6. The number of nitrogens with two attached hydrogens (primary N) is 1. The molecular formula is C24H23F3N2O4. The maximum atomic E-state index is 13.7. The van der Waals surface area contributed by atoms with Gasteiger partial charge in [-0.25, -0.2) is 4.79 Å². The van der Waals surface area contributed by atoms with Gasteiger partial charge in [0.05, 0.1) is 17.0 Å². The molecule has 6 nitrogen and oxygen atoms in total. The molecule has 0 aliphatic heterocycles. The van der Waals surface area contributed by atoms with E-state index in [1.54, 1.807) is 28.8 Å². The summed E-state index contributed by atoms with van der Waals surface area (Å²) in [6.07, 6.45) is -1.96. The van der Waals surface area contributed by atoms with Crippen molar-refractivity contribution in [2.75, 3.05) is 6.61 Å². The number of aliphatic carboxylic acids is 1. The second-order valence-electron chi connectivity index (χ2n) is 8.13. The highest BCUT2D eigenvalue weighted by Gasteiger charge is 2.35. The number of carbonyl (C=O) groups is 2. The van der Waals surface area contributed by atoms with E-state index in [1.807, 2.05) is 0 Å². The first kappa shape index (κ1) is 22.7. The monoisotopic (exact) mass is 460 g/mol. The molecule has 1 aliphatic rings. The van der Waals surface area contributed by atoms with Gasteiger partial charge in [-0.2, -0.15) is 13.2 Å². The van der Waals surface area contributed by atoms with E-state index in [0.29, 0.717) is 29.3 Å². The van der Waals surface area contributed by atoms with E-state index in [2.05, 4.69) is 0 Å². The summed E-state index contributed by atoms with van der Waals surface area (Å²) in [5, 5.41) is 9.60. The summed E-state index contributed by atoms with van der Waals surface area (Å²) < 4.78 is 48.3. The lowest BCUT2D eigenvalue weighted by Gasteiger charge is -2.16. The molecule has 1 unspecified atom stereocenters. The van der Waals surface area contributed by atoms with Crippen LogP contribution in [0.15, 0.2) is 42.5 Å². The number of hydrogen-bond acceptors (Lipinski definition) is 3. The molecule has 0 saturated heterocycles. The minimum absolute atomic E-state index is 0.0601. The van der Waals surface area contributed by atoms with Gasteiger partial charge in [0.1, 0.15) is 5.75 Å². The summed E-state index contributed by atoms with van der Waals surface area (Å²) in [5.74, 6) is -2.06.